The summed E-state index contributed by atoms with van der Waals surface area (Å²) in [4.78, 5) is 14.0. The first-order valence-corrected chi connectivity index (χ1v) is 5.81. The molecule has 90 valence electrons. The second kappa shape index (κ2) is 5.50. The summed E-state index contributed by atoms with van der Waals surface area (Å²) >= 11 is 0. The third-order valence-electron chi connectivity index (χ3n) is 2.95. The van der Waals surface area contributed by atoms with E-state index in [4.69, 9.17) is 5.73 Å². The summed E-state index contributed by atoms with van der Waals surface area (Å²) < 4.78 is 0. The van der Waals surface area contributed by atoms with Crippen molar-refractivity contribution in [3.63, 3.8) is 0 Å². The van der Waals surface area contributed by atoms with Crippen molar-refractivity contribution in [2.75, 3.05) is 6.54 Å². The number of carbonyl (C=O) groups is 1. The molecule has 0 aromatic heterocycles. The molecule has 1 unspecified atom stereocenters. The van der Waals surface area contributed by atoms with E-state index in [9.17, 15) is 4.79 Å². The zero-order chi connectivity index (χ0) is 12.2. The Morgan fingerprint density at radius 2 is 1.80 bits per heavy atom. The lowest BCUT2D eigenvalue weighted by Crippen LogP contribution is -2.52. The van der Waals surface area contributed by atoms with Crippen molar-refractivity contribution in [2.24, 2.45) is 11.1 Å². The summed E-state index contributed by atoms with van der Waals surface area (Å²) in [6, 6.07) is -0.137. The maximum Gasteiger partial charge on any atom is 0.240 e. The van der Waals surface area contributed by atoms with E-state index in [1.807, 2.05) is 32.6 Å². The molecule has 0 aromatic carbocycles. The molecule has 0 saturated carbocycles. The van der Waals surface area contributed by atoms with Crippen LogP contribution in [0.1, 0.15) is 48.0 Å². The molecule has 0 bridgehead atoms. The number of hydrogen-bond donors (Lipinski definition) is 1. The van der Waals surface area contributed by atoms with Crippen LogP contribution in [-0.2, 0) is 4.79 Å². The van der Waals surface area contributed by atoms with Gasteiger partial charge in [0.1, 0.15) is 0 Å². The third kappa shape index (κ3) is 3.82. The van der Waals surface area contributed by atoms with Crippen molar-refractivity contribution in [1.82, 2.24) is 4.90 Å². The zero-order valence-electron chi connectivity index (χ0n) is 11.0. The Kier molecular flexibility index (Phi) is 5.29. The van der Waals surface area contributed by atoms with Gasteiger partial charge < -0.3 is 10.6 Å². The van der Waals surface area contributed by atoms with Crippen LogP contribution in [0.2, 0.25) is 0 Å². The molecule has 0 aliphatic heterocycles. The molecule has 0 aliphatic carbocycles. The average molecular weight is 214 g/mol. The SMILES string of the molecule is CCC(C)N(CC)C(=O)[C@@H](N)C(C)(C)C. The van der Waals surface area contributed by atoms with Gasteiger partial charge in [-0.15, -0.1) is 0 Å². The fraction of sp³-hybridized carbons (Fsp3) is 0.917. The molecule has 3 nitrogen and oxygen atoms in total. The molecule has 0 aliphatic rings. The summed E-state index contributed by atoms with van der Waals surface area (Å²) in [6.07, 6.45) is 0.969. The van der Waals surface area contributed by atoms with Gasteiger partial charge in [0.15, 0.2) is 0 Å². The van der Waals surface area contributed by atoms with Crippen LogP contribution in [-0.4, -0.2) is 29.4 Å². The van der Waals surface area contributed by atoms with Crippen molar-refractivity contribution < 1.29 is 4.79 Å². The molecule has 0 rings (SSSR count). The van der Waals surface area contributed by atoms with Gasteiger partial charge in [-0.25, -0.2) is 0 Å². The van der Waals surface area contributed by atoms with Crippen LogP contribution in [0.4, 0.5) is 0 Å². The number of likely N-dealkylation sites (N-methyl/N-ethyl adjacent to an activating group) is 1. The fourth-order valence-electron chi connectivity index (χ4n) is 1.45. The maximum absolute atomic E-state index is 12.1. The van der Waals surface area contributed by atoms with Crippen LogP contribution in [0.25, 0.3) is 0 Å². The van der Waals surface area contributed by atoms with Gasteiger partial charge in [0.2, 0.25) is 5.91 Å². The van der Waals surface area contributed by atoms with Gasteiger partial charge >= 0.3 is 0 Å². The molecular formula is C12H26N2O. The van der Waals surface area contributed by atoms with Gasteiger partial charge in [0, 0.05) is 12.6 Å². The summed E-state index contributed by atoms with van der Waals surface area (Å²) in [6.45, 7) is 12.9. The van der Waals surface area contributed by atoms with E-state index >= 15 is 0 Å². The van der Waals surface area contributed by atoms with Gasteiger partial charge in [-0.3, -0.25) is 4.79 Å². The number of nitrogens with two attached hydrogens (primary N) is 1. The first-order chi connectivity index (χ1) is 6.75. The van der Waals surface area contributed by atoms with E-state index in [-0.39, 0.29) is 17.4 Å². The number of carbonyl (C=O) groups excluding carboxylic acids is 1. The molecule has 2 N–H and O–H groups in total. The maximum atomic E-state index is 12.1. The average Bonchev–Trinajstić information content (AvgIpc) is 2.15. The molecule has 0 fully saturated rings. The van der Waals surface area contributed by atoms with Crippen molar-refractivity contribution in [2.45, 2.75) is 60.0 Å². The monoisotopic (exact) mass is 214 g/mol. The fourth-order valence-corrected chi connectivity index (χ4v) is 1.45. The Balaban J connectivity index is 4.66. The Labute approximate surface area is 94.0 Å². The number of amides is 1. The zero-order valence-corrected chi connectivity index (χ0v) is 11.0. The van der Waals surface area contributed by atoms with E-state index in [1.54, 1.807) is 0 Å². The lowest BCUT2D eigenvalue weighted by molar-refractivity contribution is -0.136. The second-order valence-corrected chi connectivity index (χ2v) is 5.23. The van der Waals surface area contributed by atoms with Gasteiger partial charge in [-0.05, 0) is 25.7 Å². The van der Waals surface area contributed by atoms with E-state index in [0.717, 1.165) is 13.0 Å². The topological polar surface area (TPSA) is 46.3 Å². The minimum Gasteiger partial charge on any atom is -0.339 e. The normalized spacial score (nSPS) is 15.9. The van der Waals surface area contributed by atoms with Crippen molar-refractivity contribution >= 4 is 5.91 Å². The molecule has 1 amide bonds. The highest BCUT2D eigenvalue weighted by atomic mass is 16.2. The highest BCUT2D eigenvalue weighted by molar-refractivity contribution is 5.82. The second-order valence-electron chi connectivity index (χ2n) is 5.23. The predicted molar refractivity (Wildman–Crippen MR) is 64.6 cm³/mol. The molecule has 0 heterocycles. The van der Waals surface area contributed by atoms with Crippen molar-refractivity contribution in [3.8, 4) is 0 Å². The third-order valence-corrected chi connectivity index (χ3v) is 2.95. The lowest BCUT2D eigenvalue weighted by Gasteiger charge is -2.34. The highest BCUT2D eigenvalue weighted by Crippen LogP contribution is 2.20. The van der Waals surface area contributed by atoms with Crippen LogP contribution in [0, 0.1) is 5.41 Å². The predicted octanol–water partition coefficient (Wildman–Crippen LogP) is 2.01. The smallest absolute Gasteiger partial charge is 0.240 e. The molecule has 0 spiro atoms. The van der Waals surface area contributed by atoms with Crippen LogP contribution < -0.4 is 5.73 Å². The molecule has 2 atom stereocenters. The lowest BCUT2D eigenvalue weighted by atomic mass is 9.86. The van der Waals surface area contributed by atoms with Crippen molar-refractivity contribution in [3.05, 3.63) is 0 Å². The van der Waals surface area contributed by atoms with Gasteiger partial charge in [0.25, 0.3) is 0 Å². The highest BCUT2D eigenvalue weighted by Gasteiger charge is 2.31. The van der Waals surface area contributed by atoms with Crippen LogP contribution in [0.3, 0.4) is 0 Å². The van der Waals surface area contributed by atoms with Gasteiger partial charge in [-0.1, -0.05) is 27.7 Å². The summed E-state index contributed by atoms with van der Waals surface area (Å²) in [5.41, 5.74) is 5.80. The largest absolute Gasteiger partial charge is 0.339 e. The van der Waals surface area contributed by atoms with Crippen LogP contribution in [0.15, 0.2) is 0 Å². The first kappa shape index (κ1) is 14.4. The summed E-state index contributed by atoms with van der Waals surface area (Å²) in [5.74, 6) is 0.0688. The van der Waals surface area contributed by atoms with Crippen LogP contribution >= 0.6 is 0 Å². The molecular weight excluding hydrogens is 188 g/mol. The van der Waals surface area contributed by atoms with E-state index in [0.29, 0.717) is 0 Å². The Bertz CT molecular complexity index is 208. The molecule has 0 aromatic rings. The Morgan fingerprint density at radius 1 is 1.33 bits per heavy atom. The molecule has 0 radical (unpaired) electrons. The van der Waals surface area contributed by atoms with E-state index < -0.39 is 6.04 Å². The molecule has 0 saturated heterocycles. The van der Waals surface area contributed by atoms with Gasteiger partial charge in [-0.2, -0.15) is 0 Å². The van der Waals surface area contributed by atoms with E-state index in [1.165, 1.54) is 0 Å². The van der Waals surface area contributed by atoms with Crippen molar-refractivity contribution in [1.29, 1.82) is 0 Å². The standard InChI is InChI=1S/C12H26N2O/c1-7-9(3)14(8-2)11(15)10(13)12(4,5)6/h9-10H,7-8,13H2,1-6H3/t9?,10-/m1/s1. The number of hydrogen-bond acceptors (Lipinski definition) is 2. The van der Waals surface area contributed by atoms with E-state index in [2.05, 4.69) is 13.8 Å². The van der Waals surface area contributed by atoms with Gasteiger partial charge in [0.05, 0.1) is 6.04 Å². The molecule has 3 heteroatoms. The number of nitrogens with zero attached hydrogens (tertiary/aromatic N) is 1. The first-order valence-electron chi connectivity index (χ1n) is 5.81. The minimum atomic E-state index is -0.411. The quantitative estimate of drug-likeness (QED) is 0.778. The molecule has 15 heavy (non-hydrogen) atoms. The minimum absolute atomic E-state index is 0.0688. The summed E-state index contributed by atoms with van der Waals surface area (Å²) in [7, 11) is 0. The Morgan fingerprint density at radius 3 is 2.07 bits per heavy atom. The summed E-state index contributed by atoms with van der Waals surface area (Å²) in [5, 5.41) is 0. The Hall–Kier alpha value is -0.570. The van der Waals surface area contributed by atoms with Crippen LogP contribution in [0.5, 0.6) is 0 Å². The number of rotatable bonds is 4.